The van der Waals surface area contributed by atoms with Crippen LogP contribution in [0.5, 0.6) is 0 Å². The first kappa shape index (κ1) is 24.6. The number of nitrogens with zero attached hydrogens (tertiary/aromatic N) is 1. The SMILES string of the molecule is C[C@]1(OC(=O)c2ccccc2)[C@H](C#N)O[C@H](COC(=O)c2ccccc2)[C@H]1OC(=O)c1ccccc1. The molecule has 4 rings (SSSR count). The molecule has 0 amide bonds. The summed E-state index contributed by atoms with van der Waals surface area (Å²) >= 11 is 0. The van der Waals surface area contributed by atoms with Crippen LogP contribution in [0.3, 0.4) is 0 Å². The first-order chi connectivity index (χ1) is 17.4. The molecule has 0 aliphatic carbocycles. The molecular formula is C28H23NO7. The van der Waals surface area contributed by atoms with E-state index in [0.29, 0.717) is 5.56 Å². The van der Waals surface area contributed by atoms with E-state index in [4.69, 9.17) is 18.9 Å². The summed E-state index contributed by atoms with van der Waals surface area (Å²) < 4.78 is 22.7. The minimum atomic E-state index is -1.68. The minimum Gasteiger partial charge on any atom is -0.459 e. The molecule has 8 nitrogen and oxygen atoms in total. The number of rotatable bonds is 7. The Balaban J connectivity index is 1.60. The van der Waals surface area contributed by atoms with Crippen molar-refractivity contribution >= 4 is 17.9 Å². The zero-order chi connectivity index (χ0) is 25.5. The van der Waals surface area contributed by atoms with Gasteiger partial charge in [-0.25, -0.2) is 14.4 Å². The van der Waals surface area contributed by atoms with Gasteiger partial charge in [-0.1, -0.05) is 54.6 Å². The van der Waals surface area contributed by atoms with E-state index >= 15 is 0 Å². The van der Waals surface area contributed by atoms with Crippen LogP contribution in [-0.2, 0) is 18.9 Å². The van der Waals surface area contributed by atoms with E-state index in [1.165, 1.54) is 6.92 Å². The Morgan fingerprint density at radius 3 is 1.78 bits per heavy atom. The predicted octanol–water partition coefficient (Wildman–Crippen LogP) is 3.98. The molecule has 3 aromatic rings. The lowest BCUT2D eigenvalue weighted by atomic mass is 9.92. The fourth-order valence-electron chi connectivity index (χ4n) is 3.90. The Bertz CT molecular complexity index is 1260. The van der Waals surface area contributed by atoms with Gasteiger partial charge in [0.15, 0.2) is 17.8 Å². The van der Waals surface area contributed by atoms with E-state index in [2.05, 4.69) is 0 Å². The van der Waals surface area contributed by atoms with Gasteiger partial charge in [0.05, 0.1) is 22.8 Å². The summed E-state index contributed by atoms with van der Waals surface area (Å²) in [6.07, 6.45) is -3.60. The number of esters is 3. The van der Waals surface area contributed by atoms with Crippen LogP contribution >= 0.6 is 0 Å². The summed E-state index contributed by atoms with van der Waals surface area (Å²) in [6, 6.07) is 26.8. The van der Waals surface area contributed by atoms with Crippen LogP contribution in [0.15, 0.2) is 91.0 Å². The number of ether oxygens (including phenoxy) is 4. The molecule has 1 fully saturated rings. The Kier molecular flexibility index (Phi) is 7.42. The van der Waals surface area contributed by atoms with Gasteiger partial charge in [-0.15, -0.1) is 0 Å². The molecule has 0 aromatic heterocycles. The van der Waals surface area contributed by atoms with Gasteiger partial charge in [-0.2, -0.15) is 5.26 Å². The molecule has 0 saturated carbocycles. The zero-order valence-electron chi connectivity index (χ0n) is 19.4. The second-order valence-electron chi connectivity index (χ2n) is 8.28. The lowest BCUT2D eigenvalue weighted by molar-refractivity contribution is -0.0804. The van der Waals surface area contributed by atoms with Crippen LogP contribution in [0.4, 0.5) is 0 Å². The van der Waals surface area contributed by atoms with Crippen LogP contribution < -0.4 is 0 Å². The molecule has 0 radical (unpaired) electrons. The number of hydrogen-bond donors (Lipinski definition) is 0. The van der Waals surface area contributed by atoms with Gasteiger partial charge in [0.1, 0.15) is 12.7 Å². The molecule has 3 aromatic carbocycles. The highest BCUT2D eigenvalue weighted by Crippen LogP contribution is 2.38. The molecule has 0 spiro atoms. The van der Waals surface area contributed by atoms with Gasteiger partial charge in [-0.3, -0.25) is 0 Å². The number of benzene rings is 3. The molecule has 0 unspecified atom stereocenters. The predicted molar refractivity (Wildman–Crippen MR) is 127 cm³/mol. The van der Waals surface area contributed by atoms with Gasteiger partial charge < -0.3 is 18.9 Å². The minimum absolute atomic E-state index is 0.252. The van der Waals surface area contributed by atoms with Gasteiger partial charge in [0.25, 0.3) is 0 Å². The Labute approximate surface area is 208 Å². The summed E-state index contributed by atoms with van der Waals surface area (Å²) in [5.74, 6) is -2.04. The number of hydrogen-bond acceptors (Lipinski definition) is 8. The van der Waals surface area contributed by atoms with E-state index in [9.17, 15) is 19.6 Å². The first-order valence-corrected chi connectivity index (χ1v) is 11.2. The normalized spacial score (nSPS) is 22.7. The smallest absolute Gasteiger partial charge is 0.338 e. The highest BCUT2D eigenvalue weighted by atomic mass is 16.7. The van der Waals surface area contributed by atoms with Gasteiger partial charge >= 0.3 is 17.9 Å². The molecular weight excluding hydrogens is 462 g/mol. The highest BCUT2D eigenvalue weighted by molar-refractivity contribution is 5.91. The van der Waals surface area contributed by atoms with Crippen LogP contribution in [0, 0.1) is 11.3 Å². The van der Waals surface area contributed by atoms with E-state index < -0.39 is 41.8 Å². The molecule has 1 aliphatic heterocycles. The molecule has 1 saturated heterocycles. The third-order valence-corrected chi connectivity index (χ3v) is 5.81. The van der Waals surface area contributed by atoms with Crippen molar-refractivity contribution in [2.24, 2.45) is 0 Å². The van der Waals surface area contributed by atoms with Gasteiger partial charge in [0.2, 0.25) is 0 Å². The van der Waals surface area contributed by atoms with Crippen molar-refractivity contribution in [2.75, 3.05) is 6.61 Å². The quantitative estimate of drug-likeness (QED) is 0.365. The molecule has 1 aliphatic rings. The summed E-state index contributed by atoms with van der Waals surface area (Å²) in [5.41, 5.74) is -0.851. The topological polar surface area (TPSA) is 112 Å². The average Bonchev–Trinajstić information content (AvgIpc) is 3.18. The number of carbonyl (C=O) groups excluding carboxylic acids is 3. The summed E-state index contributed by atoms with van der Waals surface area (Å²) in [4.78, 5) is 38.3. The Morgan fingerprint density at radius 1 is 0.806 bits per heavy atom. The van der Waals surface area contributed by atoms with E-state index in [0.717, 1.165) is 0 Å². The van der Waals surface area contributed by atoms with E-state index in [1.807, 2.05) is 6.07 Å². The third kappa shape index (κ3) is 5.27. The fraction of sp³-hybridized carbons (Fsp3) is 0.214. The van der Waals surface area contributed by atoms with Crippen LogP contribution in [0.2, 0.25) is 0 Å². The Morgan fingerprint density at radius 2 is 1.28 bits per heavy atom. The molecule has 4 atom stereocenters. The van der Waals surface area contributed by atoms with Crippen molar-refractivity contribution in [1.29, 1.82) is 5.26 Å². The molecule has 36 heavy (non-hydrogen) atoms. The van der Waals surface area contributed by atoms with Gasteiger partial charge in [-0.05, 0) is 43.3 Å². The van der Waals surface area contributed by atoms with E-state index in [-0.39, 0.29) is 17.7 Å². The molecule has 0 bridgehead atoms. The molecule has 0 N–H and O–H groups in total. The zero-order valence-corrected chi connectivity index (χ0v) is 19.4. The van der Waals surface area contributed by atoms with Crippen molar-refractivity contribution in [3.8, 4) is 6.07 Å². The summed E-state index contributed by atoms with van der Waals surface area (Å²) in [7, 11) is 0. The highest BCUT2D eigenvalue weighted by Gasteiger charge is 2.60. The molecule has 182 valence electrons. The van der Waals surface area contributed by atoms with Crippen molar-refractivity contribution < 1.29 is 33.3 Å². The first-order valence-electron chi connectivity index (χ1n) is 11.2. The lowest BCUT2D eigenvalue weighted by Gasteiger charge is -2.32. The van der Waals surface area contributed by atoms with Crippen LogP contribution in [0.25, 0.3) is 0 Å². The number of carbonyl (C=O) groups is 3. The number of nitriles is 1. The fourth-order valence-corrected chi connectivity index (χ4v) is 3.90. The standard InChI is InChI=1S/C28H23NO7/c1-28(36-27(32)21-15-9-4-10-16-21)23(17-29)34-22(18-33-25(30)19-11-5-2-6-12-19)24(28)35-26(31)20-13-7-3-8-14-20/h2-16,22-24H,18H2,1H3/t22-,23+,24-,28+/m1/s1. The average molecular weight is 485 g/mol. The maximum atomic E-state index is 12.9. The largest absolute Gasteiger partial charge is 0.459 e. The maximum absolute atomic E-state index is 12.9. The molecule has 8 heteroatoms. The molecule has 1 heterocycles. The van der Waals surface area contributed by atoms with Crippen molar-refractivity contribution in [1.82, 2.24) is 0 Å². The van der Waals surface area contributed by atoms with Crippen LogP contribution in [0.1, 0.15) is 38.0 Å². The maximum Gasteiger partial charge on any atom is 0.338 e. The van der Waals surface area contributed by atoms with Gasteiger partial charge in [0, 0.05) is 0 Å². The second-order valence-corrected chi connectivity index (χ2v) is 8.28. The Hall–Kier alpha value is -4.48. The van der Waals surface area contributed by atoms with Crippen molar-refractivity contribution in [3.05, 3.63) is 108 Å². The second kappa shape index (κ2) is 10.8. The van der Waals surface area contributed by atoms with Crippen molar-refractivity contribution in [2.45, 2.75) is 30.8 Å². The van der Waals surface area contributed by atoms with Crippen LogP contribution in [-0.4, -0.2) is 48.4 Å². The lowest BCUT2D eigenvalue weighted by Crippen LogP contribution is -2.51. The van der Waals surface area contributed by atoms with E-state index in [1.54, 1.807) is 91.0 Å². The summed E-state index contributed by atoms with van der Waals surface area (Å²) in [6.45, 7) is 1.13. The summed E-state index contributed by atoms with van der Waals surface area (Å²) in [5, 5.41) is 9.81. The monoisotopic (exact) mass is 485 g/mol. The third-order valence-electron chi connectivity index (χ3n) is 5.81. The van der Waals surface area contributed by atoms with Crippen molar-refractivity contribution in [3.63, 3.8) is 0 Å².